The minimum absolute atomic E-state index is 0.0557. The van der Waals surface area contributed by atoms with Crippen LogP contribution in [0.5, 0.6) is 11.5 Å². The molecule has 0 fully saturated rings. The van der Waals surface area contributed by atoms with Crippen molar-refractivity contribution in [3.05, 3.63) is 107 Å². The van der Waals surface area contributed by atoms with Crippen molar-refractivity contribution in [2.24, 2.45) is 20.5 Å². The zero-order valence-electron chi connectivity index (χ0n) is 22.8. The Labute approximate surface area is 236 Å². The van der Waals surface area contributed by atoms with Gasteiger partial charge in [-0.05, 0) is 104 Å². The van der Waals surface area contributed by atoms with Crippen LogP contribution in [0.25, 0.3) is 10.8 Å². The maximum atomic E-state index is 12.6. The Balaban J connectivity index is 1.37. The molecule has 0 aromatic heterocycles. The summed E-state index contributed by atoms with van der Waals surface area (Å²) in [7, 11) is 0. The average Bonchev–Trinajstić information content (AvgIpc) is 2.94. The van der Waals surface area contributed by atoms with Gasteiger partial charge in [-0.25, -0.2) is 0 Å². The summed E-state index contributed by atoms with van der Waals surface area (Å²) in [6.45, 7) is 5.63. The lowest BCUT2D eigenvalue weighted by atomic mass is 10.0. The van der Waals surface area contributed by atoms with Gasteiger partial charge in [0.1, 0.15) is 17.1 Å². The van der Waals surface area contributed by atoms with Gasteiger partial charge in [0.15, 0.2) is 5.75 Å². The number of rotatable bonds is 6. The van der Waals surface area contributed by atoms with E-state index in [2.05, 4.69) is 25.8 Å². The number of amides is 1. The largest absolute Gasteiger partial charge is 0.506 e. The number of nitrogens with two attached hydrogens (primary N) is 1. The van der Waals surface area contributed by atoms with Gasteiger partial charge in [0.25, 0.3) is 5.91 Å². The molecule has 41 heavy (non-hydrogen) atoms. The van der Waals surface area contributed by atoms with E-state index in [4.69, 9.17) is 5.73 Å². The van der Waals surface area contributed by atoms with Gasteiger partial charge >= 0.3 is 0 Å². The molecule has 0 radical (unpaired) electrons. The molecule has 0 unspecified atom stereocenters. The van der Waals surface area contributed by atoms with E-state index in [1.807, 2.05) is 44.2 Å². The van der Waals surface area contributed by atoms with Crippen molar-refractivity contribution >= 4 is 50.8 Å². The van der Waals surface area contributed by atoms with Gasteiger partial charge in [-0.1, -0.05) is 17.7 Å². The predicted molar refractivity (Wildman–Crippen MR) is 162 cm³/mol. The number of carbonyl (C=O) groups is 1. The van der Waals surface area contributed by atoms with Crippen molar-refractivity contribution in [2.45, 2.75) is 20.8 Å². The second-order valence-electron chi connectivity index (χ2n) is 9.77. The number of benzene rings is 5. The summed E-state index contributed by atoms with van der Waals surface area (Å²) in [6.07, 6.45) is 0. The first-order chi connectivity index (χ1) is 19.7. The van der Waals surface area contributed by atoms with Crippen LogP contribution in [-0.2, 0) is 0 Å². The highest BCUT2D eigenvalue weighted by Crippen LogP contribution is 2.41. The Morgan fingerprint density at radius 1 is 0.732 bits per heavy atom. The monoisotopic (exact) mass is 544 g/mol. The lowest BCUT2D eigenvalue weighted by Crippen LogP contribution is -2.11. The number of anilines is 2. The van der Waals surface area contributed by atoms with Crippen molar-refractivity contribution in [3.8, 4) is 11.5 Å². The molecule has 0 bridgehead atoms. The van der Waals surface area contributed by atoms with Crippen molar-refractivity contribution in [1.29, 1.82) is 0 Å². The Bertz CT molecular complexity index is 1830. The summed E-state index contributed by atoms with van der Waals surface area (Å²) in [5.41, 5.74) is 11.6. The van der Waals surface area contributed by atoms with Gasteiger partial charge in [-0.15, -0.1) is 10.2 Å². The molecule has 1 amide bonds. The molecule has 0 aliphatic carbocycles. The molecule has 5 N–H and O–H groups in total. The van der Waals surface area contributed by atoms with Crippen LogP contribution >= 0.6 is 0 Å². The fourth-order valence-corrected chi connectivity index (χ4v) is 4.24. The highest BCUT2D eigenvalue weighted by Gasteiger charge is 2.13. The summed E-state index contributed by atoms with van der Waals surface area (Å²) in [4.78, 5) is 12.6. The number of nitrogens with one attached hydrogen (secondary N) is 1. The van der Waals surface area contributed by atoms with E-state index in [1.54, 1.807) is 55.5 Å². The summed E-state index contributed by atoms with van der Waals surface area (Å²) in [6, 6.07) is 24.4. The fraction of sp³-hybridized carbons (Fsp3) is 0.0938. The number of fused-ring (bicyclic) bond motifs is 1. The standard InChI is InChI=1S/C32H28N6O3/c1-18-4-10-24(11-5-18)35-36-27-17-29(39)28(15-19(27)2)37-38-30-20(3)14-22-16-25(12-13-26(22)31(30)40)34-32(41)21-6-8-23(33)9-7-21/h4-17,39-40H,33H2,1-3H3,(H,34,41). The first-order valence-corrected chi connectivity index (χ1v) is 12.8. The first-order valence-electron chi connectivity index (χ1n) is 12.8. The number of nitrogens with zero attached hydrogens (tertiary/aromatic N) is 4. The summed E-state index contributed by atoms with van der Waals surface area (Å²) >= 11 is 0. The van der Waals surface area contributed by atoms with Crippen molar-refractivity contribution < 1.29 is 15.0 Å². The highest BCUT2D eigenvalue weighted by molar-refractivity contribution is 6.06. The molecule has 5 rings (SSSR count). The number of phenols is 2. The van der Waals surface area contributed by atoms with Crippen LogP contribution in [0.3, 0.4) is 0 Å². The van der Waals surface area contributed by atoms with Crippen LogP contribution in [0, 0.1) is 20.8 Å². The molecule has 204 valence electrons. The number of hydrogen-bond donors (Lipinski definition) is 4. The van der Waals surface area contributed by atoms with Gasteiger partial charge in [0.2, 0.25) is 0 Å². The van der Waals surface area contributed by atoms with Crippen LogP contribution < -0.4 is 11.1 Å². The number of hydrogen-bond acceptors (Lipinski definition) is 8. The molecule has 5 aromatic rings. The lowest BCUT2D eigenvalue weighted by Gasteiger charge is -2.11. The fourth-order valence-electron chi connectivity index (χ4n) is 4.24. The van der Waals surface area contributed by atoms with E-state index in [9.17, 15) is 15.0 Å². The van der Waals surface area contributed by atoms with Gasteiger partial charge in [-0.3, -0.25) is 4.79 Å². The third kappa shape index (κ3) is 6.04. The smallest absolute Gasteiger partial charge is 0.255 e. The molecule has 0 atom stereocenters. The molecule has 0 saturated carbocycles. The second-order valence-corrected chi connectivity index (χ2v) is 9.77. The lowest BCUT2D eigenvalue weighted by molar-refractivity contribution is 0.102. The number of nitrogen functional groups attached to an aromatic ring is 1. The van der Waals surface area contributed by atoms with Crippen molar-refractivity contribution in [3.63, 3.8) is 0 Å². The Morgan fingerprint density at radius 2 is 1.44 bits per heavy atom. The molecule has 5 aromatic carbocycles. The van der Waals surface area contributed by atoms with Gasteiger partial charge < -0.3 is 21.3 Å². The Morgan fingerprint density at radius 3 is 2.17 bits per heavy atom. The SMILES string of the molecule is Cc1ccc(N=Nc2cc(O)c(N=Nc3c(C)cc4cc(NC(=O)c5ccc(N)cc5)ccc4c3O)cc2C)cc1. The molecule has 0 heterocycles. The molecule has 9 nitrogen and oxygen atoms in total. The highest BCUT2D eigenvalue weighted by atomic mass is 16.3. The van der Waals surface area contributed by atoms with E-state index in [1.165, 1.54) is 6.07 Å². The summed E-state index contributed by atoms with van der Waals surface area (Å²) in [5.74, 6) is -0.440. The van der Waals surface area contributed by atoms with Crippen molar-refractivity contribution in [2.75, 3.05) is 11.1 Å². The molecule has 0 aliphatic rings. The van der Waals surface area contributed by atoms with Gasteiger partial charge in [0.05, 0.1) is 11.4 Å². The normalized spacial score (nSPS) is 11.5. The Kier molecular flexibility index (Phi) is 7.43. The summed E-state index contributed by atoms with van der Waals surface area (Å²) in [5, 5.41) is 42.7. The molecule has 0 spiro atoms. The quantitative estimate of drug-likeness (QED) is 0.125. The average molecular weight is 545 g/mol. The van der Waals surface area contributed by atoms with E-state index in [-0.39, 0.29) is 28.8 Å². The Hall–Kier alpha value is -5.57. The van der Waals surface area contributed by atoms with Crippen LogP contribution in [0.2, 0.25) is 0 Å². The maximum Gasteiger partial charge on any atom is 0.255 e. The molecule has 0 saturated heterocycles. The molecule has 0 aliphatic heterocycles. The number of aryl methyl sites for hydroxylation is 3. The number of azo groups is 2. The van der Waals surface area contributed by atoms with E-state index >= 15 is 0 Å². The molecular formula is C32H28N6O3. The van der Waals surface area contributed by atoms with Crippen LogP contribution in [0.1, 0.15) is 27.0 Å². The molecular weight excluding hydrogens is 516 g/mol. The minimum Gasteiger partial charge on any atom is -0.506 e. The zero-order chi connectivity index (χ0) is 29.1. The first kappa shape index (κ1) is 27.0. The number of carbonyl (C=O) groups excluding carboxylic acids is 1. The third-order valence-corrected chi connectivity index (χ3v) is 6.57. The maximum absolute atomic E-state index is 12.6. The van der Waals surface area contributed by atoms with Crippen LogP contribution in [0.4, 0.5) is 34.1 Å². The summed E-state index contributed by atoms with van der Waals surface area (Å²) < 4.78 is 0. The topological polar surface area (TPSA) is 145 Å². The minimum atomic E-state index is -0.270. The van der Waals surface area contributed by atoms with Crippen LogP contribution in [-0.4, -0.2) is 16.1 Å². The van der Waals surface area contributed by atoms with Gasteiger partial charge in [-0.2, -0.15) is 10.2 Å². The van der Waals surface area contributed by atoms with E-state index in [0.717, 1.165) is 16.5 Å². The third-order valence-electron chi connectivity index (χ3n) is 6.57. The zero-order valence-corrected chi connectivity index (χ0v) is 22.8. The molecule has 9 heteroatoms. The number of phenolic OH excluding ortho intramolecular Hbond substituents is 2. The van der Waals surface area contributed by atoms with Crippen LogP contribution in [0.15, 0.2) is 105 Å². The van der Waals surface area contributed by atoms with E-state index in [0.29, 0.717) is 39.3 Å². The number of aromatic hydroxyl groups is 2. The van der Waals surface area contributed by atoms with Crippen molar-refractivity contribution in [1.82, 2.24) is 0 Å². The van der Waals surface area contributed by atoms with Gasteiger partial charge in [0, 0.05) is 28.4 Å². The second kappa shape index (κ2) is 11.3. The predicted octanol–water partition coefficient (Wildman–Crippen LogP) is 8.84. The van der Waals surface area contributed by atoms with E-state index < -0.39 is 0 Å².